The maximum atomic E-state index is 12.7. The van der Waals surface area contributed by atoms with E-state index in [2.05, 4.69) is 10.4 Å². The third-order valence-electron chi connectivity index (χ3n) is 5.28. The van der Waals surface area contributed by atoms with Crippen LogP contribution < -0.4 is 10.1 Å². The molecular formula is C21H26N4O3. The molecule has 2 heterocycles. The van der Waals surface area contributed by atoms with E-state index in [0.717, 1.165) is 32.2 Å². The predicted molar refractivity (Wildman–Crippen MR) is 105 cm³/mol. The van der Waals surface area contributed by atoms with Gasteiger partial charge in [-0.05, 0) is 43.9 Å². The number of nitrogens with one attached hydrogen (secondary N) is 1. The van der Waals surface area contributed by atoms with Crippen LogP contribution in [-0.2, 0) is 16.1 Å². The van der Waals surface area contributed by atoms with E-state index >= 15 is 0 Å². The molecule has 4 rings (SSSR count). The molecule has 7 heteroatoms. The van der Waals surface area contributed by atoms with Crippen LogP contribution in [-0.4, -0.2) is 46.2 Å². The minimum absolute atomic E-state index is 0.0259. The van der Waals surface area contributed by atoms with Crippen molar-refractivity contribution in [1.29, 1.82) is 0 Å². The average Bonchev–Trinajstić information content (AvgIpc) is 3.44. The fraction of sp³-hybridized carbons (Fsp3) is 0.476. The number of hydrogen-bond donors (Lipinski definition) is 1. The van der Waals surface area contributed by atoms with Gasteiger partial charge in [0, 0.05) is 43.2 Å². The van der Waals surface area contributed by atoms with Gasteiger partial charge in [0.15, 0.2) is 0 Å². The van der Waals surface area contributed by atoms with Gasteiger partial charge < -0.3 is 15.0 Å². The van der Waals surface area contributed by atoms with Crippen molar-refractivity contribution in [3.63, 3.8) is 0 Å². The zero-order valence-electron chi connectivity index (χ0n) is 15.9. The van der Waals surface area contributed by atoms with Crippen molar-refractivity contribution in [3.8, 4) is 5.75 Å². The first-order valence-electron chi connectivity index (χ1n) is 9.99. The first kappa shape index (κ1) is 18.5. The van der Waals surface area contributed by atoms with Gasteiger partial charge >= 0.3 is 0 Å². The molecule has 1 aromatic heterocycles. The number of benzene rings is 1. The lowest BCUT2D eigenvalue weighted by molar-refractivity contribution is -0.135. The van der Waals surface area contributed by atoms with Crippen molar-refractivity contribution in [2.45, 2.75) is 32.2 Å². The van der Waals surface area contributed by atoms with Gasteiger partial charge in [-0.1, -0.05) is 6.07 Å². The topological polar surface area (TPSA) is 76.5 Å². The predicted octanol–water partition coefficient (Wildman–Crippen LogP) is 2.55. The second-order valence-electron chi connectivity index (χ2n) is 7.53. The lowest BCUT2D eigenvalue weighted by Crippen LogP contribution is -2.44. The second-order valence-corrected chi connectivity index (χ2v) is 7.53. The zero-order chi connectivity index (χ0) is 19.3. The summed E-state index contributed by atoms with van der Waals surface area (Å²) in [5.41, 5.74) is 0.715. The number of aromatic nitrogens is 2. The maximum Gasteiger partial charge on any atom is 0.229 e. The summed E-state index contributed by atoms with van der Waals surface area (Å²) in [6, 6.07) is 9.30. The molecule has 1 atom stereocenters. The smallest absolute Gasteiger partial charge is 0.229 e. The van der Waals surface area contributed by atoms with Crippen LogP contribution in [0.25, 0.3) is 0 Å². The van der Waals surface area contributed by atoms with E-state index in [1.807, 2.05) is 46.1 Å². The van der Waals surface area contributed by atoms with Crippen LogP contribution in [0, 0.1) is 11.8 Å². The number of likely N-dealkylation sites (tertiary alicyclic amines) is 1. The Morgan fingerprint density at radius 2 is 2.07 bits per heavy atom. The number of piperidine rings is 1. The number of carbonyl (C=O) groups excluding carboxylic acids is 2. The molecule has 1 aliphatic carbocycles. The van der Waals surface area contributed by atoms with Crippen molar-refractivity contribution in [3.05, 3.63) is 42.7 Å². The number of nitrogens with zero attached hydrogens (tertiary/aromatic N) is 3. The van der Waals surface area contributed by atoms with E-state index in [9.17, 15) is 9.59 Å². The van der Waals surface area contributed by atoms with Gasteiger partial charge in [0.1, 0.15) is 12.4 Å². The molecule has 1 saturated heterocycles. The third-order valence-corrected chi connectivity index (χ3v) is 5.28. The molecule has 2 aliphatic rings. The quantitative estimate of drug-likeness (QED) is 0.798. The summed E-state index contributed by atoms with van der Waals surface area (Å²) in [6.07, 6.45) is 7.33. The summed E-state index contributed by atoms with van der Waals surface area (Å²) in [5, 5.41) is 7.13. The highest BCUT2D eigenvalue weighted by atomic mass is 16.5. The van der Waals surface area contributed by atoms with Crippen molar-refractivity contribution in [2.24, 2.45) is 11.8 Å². The van der Waals surface area contributed by atoms with Crippen LogP contribution in [0.4, 0.5) is 5.69 Å². The van der Waals surface area contributed by atoms with Gasteiger partial charge in [-0.15, -0.1) is 0 Å². The summed E-state index contributed by atoms with van der Waals surface area (Å²) in [5.74, 6) is 0.962. The zero-order valence-corrected chi connectivity index (χ0v) is 15.9. The minimum Gasteiger partial charge on any atom is -0.492 e. The number of hydrogen-bond acceptors (Lipinski definition) is 4. The van der Waals surface area contributed by atoms with E-state index < -0.39 is 0 Å². The fourth-order valence-corrected chi connectivity index (χ4v) is 3.58. The molecule has 1 aromatic carbocycles. The SMILES string of the molecule is O=C(Nc1cccc(OCCn2cccn2)c1)C1CCCN(C(=O)C2CC2)C1. The normalized spacial score (nSPS) is 19.3. The number of rotatable bonds is 7. The Balaban J connectivity index is 1.29. The molecule has 0 radical (unpaired) electrons. The average molecular weight is 382 g/mol. The molecule has 1 aliphatic heterocycles. The highest BCUT2D eigenvalue weighted by Crippen LogP contribution is 2.32. The summed E-state index contributed by atoms with van der Waals surface area (Å²) in [4.78, 5) is 26.9. The molecule has 2 amide bonds. The van der Waals surface area contributed by atoms with E-state index in [4.69, 9.17) is 4.74 Å². The summed E-state index contributed by atoms with van der Waals surface area (Å²) < 4.78 is 7.57. The van der Waals surface area contributed by atoms with Crippen LogP contribution in [0.3, 0.4) is 0 Å². The molecule has 1 N–H and O–H groups in total. The summed E-state index contributed by atoms with van der Waals surface area (Å²) >= 11 is 0. The summed E-state index contributed by atoms with van der Waals surface area (Å²) in [7, 11) is 0. The van der Waals surface area contributed by atoms with Gasteiger partial charge in [-0.25, -0.2) is 0 Å². The Hall–Kier alpha value is -2.83. The van der Waals surface area contributed by atoms with Gasteiger partial charge in [0.25, 0.3) is 0 Å². The molecule has 2 fully saturated rings. The van der Waals surface area contributed by atoms with Crippen molar-refractivity contribution in [1.82, 2.24) is 14.7 Å². The van der Waals surface area contributed by atoms with Crippen molar-refractivity contribution < 1.29 is 14.3 Å². The monoisotopic (exact) mass is 382 g/mol. The highest BCUT2D eigenvalue weighted by Gasteiger charge is 2.36. The lowest BCUT2D eigenvalue weighted by atomic mass is 9.96. The first-order valence-corrected chi connectivity index (χ1v) is 9.99. The highest BCUT2D eigenvalue weighted by molar-refractivity contribution is 5.93. The van der Waals surface area contributed by atoms with Gasteiger partial charge in [0.2, 0.25) is 11.8 Å². The second kappa shape index (κ2) is 8.46. The van der Waals surface area contributed by atoms with Crippen LogP contribution >= 0.6 is 0 Å². The number of ether oxygens (including phenoxy) is 1. The Labute approximate surface area is 164 Å². The van der Waals surface area contributed by atoms with E-state index in [1.54, 1.807) is 6.20 Å². The molecule has 1 unspecified atom stereocenters. The van der Waals surface area contributed by atoms with Gasteiger partial charge in [-0.2, -0.15) is 5.10 Å². The Morgan fingerprint density at radius 3 is 2.86 bits per heavy atom. The van der Waals surface area contributed by atoms with Crippen LogP contribution in [0.1, 0.15) is 25.7 Å². The van der Waals surface area contributed by atoms with Crippen LogP contribution in [0.15, 0.2) is 42.7 Å². The van der Waals surface area contributed by atoms with Gasteiger partial charge in [0.05, 0.1) is 12.5 Å². The molecule has 28 heavy (non-hydrogen) atoms. The Morgan fingerprint density at radius 1 is 1.18 bits per heavy atom. The van der Waals surface area contributed by atoms with E-state index in [0.29, 0.717) is 31.1 Å². The summed E-state index contributed by atoms with van der Waals surface area (Å²) in [6.45, 7) is 2.47. The molecule has 1 saturated carbocycles. The maximum absolute atomic E-state index is 12.7. The third kappa shape index (κ3) is 4.71. The lowest BCUT2D eigenvalue weighted by Gasteiger charge is -2.32. The molecule has 0 spiro atoms. The minimum atomic E-state index is -0.152. The largest absolute Gasteiger partial charge is 0.492 e. The molecule has 0 bridgehead atoms. The molecule has 148 valence electrons. The molecule has 7 nitrogen and oxygen atoms in total. The molecular weight excluding hydrogens is 356 g/mol. The standard InChI is InChI=1S/C21H26N4O3/c26-20(17-4-2-10-24(15-17)21(27)16-7-8-16)23-18-5-1-6-19(14-18)28-13-12-25-11-3-9-22-25/h1,3,5-6,9,11,14,16-17H,2,4,7-8,10,12-13,15H2,(H,23,26). The Kier molecular flexibility index (Phi) is 5.60. The van der Waals surface area contributed by atoms with E-state index in [-0.39, 0.29) is 23.7 Å². The van der Waals surface area contributed by atoms with Crippen molar-refractivity contribution >= 4 is 17.5 Å². The number of amides is 2. The first-order chi connectivity index (χ1) is 13.7. The fourth-order valence-electron chi connectivity index (χ4n) is 3.58. The molecule has 2 aromatic rings. The van der Waals surface area contributed by atoms with Gasteiger partial charge in [-0.3, -0.25) is 14.3 Å². The number of carbonyl (C=O) groups is 2. The Bertz CT molecular complexity index is 817. The van der Waals surface area contributed by atoms with Crippen molar-refractivity contribution in [2.75, 3.05) is 25.0 Å². The van der Waals surface area contributed by atoms with Crippen LogP contribution in [0.2, 0.25) is 0 Å². The van der Waals surface area contributed by atoms with Crippen LogP contribution in [0.5, 0.6) is 5.75 Å². The van der Waals surface area contributed by atoms with E-state index in [1.165, 1.54) is 0 Å². The number of anilines is 1.